The summed E-state index contributed by atoms with van der Waals surface area (Å²) in [4.78, 5) is 15.3. The Morgan fingerprint density at radius 1 is 1.32 bits per heavy atom. The zero-order valence-electron chi connectivity index (χ0n) is 14.8. The van der Waals surface area contributed by atoms with Gasteiger partial charge < -0.3 is 24.9 Å². The van der Waals surface area contributed by atoms with Gasteiger partial charge in [-0.15, -0.1) is 0 Å². The van der Waals surface area contributed by atoms with Gasteiger partial charge in [0.2, 0.25) is 0 Å². The van der Waals surface area contributed by atoms with E-state index < -0.39 is 6.10 Å². The molecule has 2 rings (SSSR count). The Labute approximate surface area is 147 Å². The Kier molecular flexibility index (Phi) is 6.97. The first-order valence-electron chi connectivity index (χ1n) is 8.23. The minimum Gasteiger partial charge on any atom is -0.484 e. The van der Waals surface area contributed by atoms with Crippen molar-refractivity contribution in [2.24, 2.45) is 0 Å². The Bertz CT molecular complexity index is 669. The number of aliphatic hydroxyl groups is 1. The number of hydrogen-bond donors (Lipinski definition) is 3. The van der Waals surface area contributed by atoms with E-state index >= 15 is 0 Å². The van der Waals surface area contributed by atoms with Crippen LogP contribution in [-0.2, 0) is 4.79 Å². The van der Waals surface area contributed by atoms with Crippen molar-refractivity contribution < 1.29 is 19.1 Å². The molecular formula is C18H25N3O4. The number of carbonyl (C=O) groups excluding carboxylic acids is 1. The molecule has 2 atom stereocenters. The number of nitrogens with one attached hydrogen (secondary N) is 2. The lowest BCUT2D eigenvalue weighted by Crippen LogP contribution is -2.26. The first kappa shape index (κ1) is 19.0. The maximum atomic E-state index is 11.2. The van der Waals surface area contributed by atoms with Crippen molar-refractivity contribution in [3.8, 4) is 5.75 Å². The van der Waals surface area contributed by atoms with Crippen molar-refractivity contribution in [2.45, 2.75) is 25.9 Å². The predicted octanol–water partition coefficient (Wildman–Crippen LogP) is 1.53. The zero-order chi connectivity index (χ0) is 18.2. The number of nitrogens with zero attached hydrogens (tertiary/aromatic N) is 1. The summed E-state index contributed by atoms with van der Waals surface area (Å²) < 4.78 is 10.5. The van der Waals surface area contributed by atoms with Crippen LogP contribution in [0.5, 0.6) is 5.75 Å². The Hall–Kier alpha value is -2.38. The number of aryl methyl sites for hydroxylation is 1. The number of likely N-dealkylation sites (N-methyl/N-ethyl adjacent to an activating group) is 1. The van der Waals surface area contributed by atoms with Gasteiger partial charge >= 0.3 is 0 Å². The summed E-state index contributed by atoms with van der Waals surface area (Å²) >= 11 is 0. The van der Waals surface area contributed by atoms with Crippen LogP contribution in [0.3, 0.4) is 0 Å². The summed E-state index contributed by atoms with van der Waals surface area (Å²) in [6.07, 6.45) is 0.785. The summed E-state index contributed by atoms with van der Waals surface area (Å²) in [6.45, 7) is 4.97. The van der Waals surface area contributed by atoms with E-state index in [0.29, 0.717) is 30.4 Å². The summed E-state index contributed by atoms with van der Waals surface area (Å²) in [6, 6.07) is 7.65. The smallest absolute Gasteiger partial charge is 0.257 e. The highest BCUT2D eigenvalue weighted by Gasteiger charge is 2.13. The number of carbonyl (C=O) groups is 1. The number of benzene rings is 1. The second-order valence-corrected chi connectivity index (χ2v) is 5.90. The average Bonchev–Trinajstić information content (AvgIpc) is 3.06. The van der Waals surface area contributed by atoms with Crippen molar-refractivity contribution in [3.05, 3.63) is 47.7 Å². The zero-order valence-corrected chi connectivity index (χ0v) is 14.8. The van der Waals surface area contributed by atoms with Crippen molar-refractivity contribution in [1.82, 2.24) is 15.6 Å². The standard InChI is InChI=1S/C18H25N3O4/c1-12(8-20-9-17(22)16-10-24-13(2)21-16)14-4-6-15(7-5-14)25-11-18(23)19-3/h4-7,10,12,17,20,22H,8-9,11H2,1-3H3,(H,19,23). The van der Waals surface area contributed by atoms with E-state index in [0.717, 1.165) is 5.56 Å². The van der Waals surface area contributed by atoms with E-state index in [2.05, 4.69) is 22.5 Å². The maximum Gasteiger partial charge on any atom is 0.257 e. The number of ether oxygens (including phenoxy) is 1. The molecule has 0 aliphatic carbocycles. The molecule has 1 amide bonds. The van der Waals surface area contributed by atoms with Crippen molar-refractivity contribution in [2.75, 3.05) is 26.7 Å². The van der Waals surface area contributed by atoms with Gasteiger partial charge in [0.1, 0.15) is 23.8 Å². The highest BCUT2D eigenvalue weighted by molar-refractivity contribution is 5.77. The molecular weight excluding hydrogens is 322 g/mol. The molecule has 1 aromatic carbocycles. The van der Waals surface area contributed by atoms with E-state index in [4.69, 9.17) is 9.15 Å². The topological polar surface area (TPSA) is 96.6 Å². The van der Waals surface area contributed by atoms with E-state index in [9.17, 15) is 9.90 Å². The van der Waals surface area contributed by atoms with Crippen LogP contribution in [0.2, 0.25) is 0 Å². The highest BCUT2D eigenvalue weighted by atomic mass is 16.5. The lowest BCUT2D eigenvalue weighted by atomic mass is 10.0. The van der Waals surface area contributed by atoms with Gasteiger partial charge in [-0.3, -0.25) is 4.79 Å². The van der Waals surface area contributed by atoms with Gasteiger partial charge in [0.05, 0.1) is 0 Å². The van der Waals surface area contributed by atoms with Crippen LogP contribution in [0.1, 0.15) is 36.1 Å². The number of rotatable bonds is 9. The molecule has 25 heavy (non-hydrogen) atoms. The predicted molar refractivity (Wildman–Crippen MR) is 93.5 cm³/mol. The fourth-order valence-corrected chi connectivity index (χ4v) is 2.31. The molecule has 136 valence electrons. The molecule has 0 aliphatic heterocycles. The normalized spacial score (nSPS) is 13.3. The summed E-state index contributed by atoms with van der Waals surface area (Å²) in [5, 5.41) is 15.8. The van der Waals surface area contributed by atoms with E-state index in [-0.39, 0.29) is 18.4 Å². The third kappa shape index (κ3) is 5.88. The van der Waals surface area contributed by atoms with Crippen LogP contribution in [-0.4, -0.2) is 42.7 Å². The second-order valence-electron chi connectivity index (χ2n) is 5.90. The molecule has 1 heterocycles. The number of amides is 1. The first-order chi connectivity index (χ1) is 12.0. The molecule has 0 aliphatic rings. The molecule has 7 nitrogen and oxygen atoms in total. The molecule has 1 aromatic heterocycles. The molecule has 0 fully saturated rings. The van der Waals surface area contributed by atoms with Gasteiger partial charge in [0.25, 0.3) is 5.91 Å². The van der Waals surface area contributed by atoms with E-state index in [1.165, 1.54) is 6.26 Å². The van der Waals surface area contributed by atoms with Crippen molar-refractivity contribution >= 4 is 5.91 Å². The van der Waals surface area contributed by atoms with Crippen molar-refractivity contribution in [1.29, 1.82) is 0 Å². The molecule has 0 saturated carbocycles. The van der Waals surface area contributed by atoms with Crippen LogP contribution in [0.25, 0.3) is 0 Å². The monoisotopic (exact) mass is 347 g/mol. The highest BCUT2D eigenvalue weighted by Crippen LogP contribution is 2.19. The number of aromatic nitrogens is 1. The van der Waals surface area contributed by atoms with Crippen LogP contribution in [0.15, 0.2) is 34.9 Å². The number of hydrogen-bond acceptors (Lipinski definition) is 6. The van der Waals surface area contributed by atoms with Gasteiger partial charge in [-0.1, -0.05) is 19.1 Å². The lowest BCUT2D eigenvalue weighted by molar-refractivity contribution is -0.122. The maximum absolute atomic E-state index is 11.2. The minimum atomic E-state index is -0.690. The molecule has 2 unspecified atom stereocenters. The quantitative estimate of drug-likeness (QED) is 0.637. The molecule has 2 aromatic rings. The van der Waals surface area contributed by atoms with E-state index in [1.54, 1.807) is 14.0 Å². The molecule has 3 N–H and O–H groups in total. The van der Waals surface area contributed by atoms with Gasteiger partial charge in [-0.05, 0) is 23.6 Å². The molecule has 0 bridgehead atoms. The average molecular weight is 347 g/mol. The van der Waals surface area contributed by atoms with E-state index in [1.807, 2.05) is 24.3 Å². The SMILES string of the molecule is CNC(=O)COc1ccc(C(C)CNCC(O)c2coc(C)n2)cc1. The summed E-state index contributed by atoms with van der Waals surface area (Å²) in [7, 11) is 1.57. The molecule has 0 saturated heterocycles. The molecule has 7 heteroatoms. The van der Waals surface area contributed by atoms with Gasteiger partial charge in [-0.25, -0.2) is 4.98 Å². The largest absolute Gasteiger partial charge is 0.484 e. The number of oxazole rings is 1. The first-order valence-corrected chi connectivity index (χ1v) is 8.23. The molecule has 0 radical (unpaired) electrons. The van der Waals surface area contributed by atoms with Crippen LogP contribution in [0, 0.1) is 6.92 Å². The lowest BCUT2D eigenvalue weighted by Gasteiger charge is -2.15. The van der Waals surface area contributed by atoms with Gasteiger partial charge in [-0.2, -0.15) is 0 Å². The third-order valence-electron chi connectivity index (χ3n) is 3.86. The number of aliphatic hydroxyl groups excluding tert-OH is 1. The van der Waals surface area contributed by atoms with Gasteiger partial charge in [0.15, 0.2) is 12.5 Å². The van der Waals surface area contributed by atoms with Crippen molar-refractivity contribution in [3.63, 3.8) is 0 Å². The van der Waals surface area contributed by atoms with Gasteiger partial charge in [0, 0.05) is 27.1 Å². The third-order valence-corrected chi connectivity index (χ3v) is 3.86. The fraction of sp³-hybridized carbons (Fsp3) is 0.444. The Morgan fingerprint density at radius 2 is 2.04 bits per heavy atom. The Balaban J connectivity index is 1.76. The van der Waals surface area contributed by atoms with Crippen LogP contribution >= 0.6 is 0 Å². The summed E-state index contributed by atoms with van der Waals surface area (Å²) in [5.41, 5.74) is 1.68. The second kappa shape index (κ2) is 9.19. The molecule has 0 spiro atoms. The minimum absolute atomic E-state index is 0.00632. The van der Waals surface area contributed by atoms with Crippen LogP contribution < -0.4 is 15.4 Å². The summed E-state index contributed by atoms with van der Waals surface area (Å²) in [5.74, 6) is 1.30. The van der Waals surface area contributed by atoms with Crippen LogP contribution in [0.4, 0.5) is 0 Å². The fourth-order valence-electron chi connectivity index (χ4n) is 2.31. The Morgan fingerprint density at radius 3 is 2.64 bits per heavy atom.